The number of nitrogens with zero attached hydrogens (tertiary/aromatic N) is 2. The number of hydrogen-bond acceptors (Lipinski definition) is 3. The molecule has 0 bridgehead atoms. The van der Waals surface area contributed by atoms with E-state index in [9.17, 15) is 9.90 Å². The van der Waals surface area contributed by atoms with E-state index in [1.54, 1.807) is 13.1 Å². The number of carbonyl (C=O) groups is 1. The van der Waals surface area contributed by atoms with Gasteiger partial charge in [0.2, 0.25) is 0 Å². The molecule has 3 aromatic rings. The summed E-state index contributed by atoms with van der Waals surface area (Å²) in [6.45, 7) is 0. The first-order valence-corrected chi connectivity index (χ1v) is 9.33. The van der Waals surface area contributed by atoms with Gasteiger partial charge in [0.1, 0.15) is 0 Å². The van der Waals surface area contributed by atoms with Crippen LogP contribution >= 0.6 is 0 Å². The van der Waals surface area contributed by atoms with Gasteiger partial charge in [-0.05, 0) is 41.7 Å². The van der Waals surface area contributed by atoms with Crippen LogP contribution in [0.25, 0.3) is 11.3 Å². The Kier molecular flexibility index (Phi) is 3.65. The monoisotopic (exact) mass is 359 g/mol. The molecule has 1 aliphatic heterocycles. The van der Waals surface area contributed by atoms with Crippen LogP contribution in [-0.2, 0) is 6.42 Å². The molecule has 5 heteroatoms. The number of imidazole rings is 1. The first kappa shape index (κ1) is 16.3. The highest BCUT2D eigenvalue weighted by molar-refractivity contribution is 5.94. The first-order valence-electron chi connectivity index (χ1n) is 9.33. The quantitative estimate of drug-likeness (QED) is 0.739. The van der Waals surface area contributed by atoms with Crippen LogP contribution in [0.2, 0.25) is 0 Å². The summed E-state index contributed by atoms with van der Waals surface area (Å²) in [7, 11) is 1.63. The largest absolute Gasteiger partial charge is 0.388 e. The van der Waals surface area contributed by atoms with Crippen molar-refractivity contribution in [1.29, 1.82) is 0 Å². The number of aryl methyl sites for hydroxylation is 1. The van der Waals surface area contributed by atoms with Crippen LogP contribution < -0.4 is 5.32 Å². The van der Waals surface area contributed by atoms with Crippen molar-refractivity contribution in [2.45, 2.75) is 25.0 Å². The maximum Gasteiger partial charge on any atom is 0.251 e. The summed E-state index contributed by atoms with van der Waals surface area (Å²) in [4.78, 5) is 16.2. The Morgan fingerprint density at radius 2 is 2.07 bits per heavy atom. The second-order valence-corrected chi connectivity index (χ2v) is 7.36. The van der Waals surface area contributed by atoms with Crippen LogP contribution in [0.1, 0.15) is 45.6 Å². The van der Waals surface area contributed by atoms with Gasteiger partial charge in [0, 0.05) is 24.1 Å². The molecule has 0 radical (unpaired) electrons. The lowest BCUT2D eigenvalue weighted by Crippen LogP contribution is -2.29. The minimum atomic E-state index is -0.570. The van der Waals surface area contributed by atoms with Crippen LogP contribution in [0.3, 0.4) is 0 Å². The van der Waals surface area contributed by atoms with Crippen LogP contribution in [0.4, 0.5) is 0 Å². The van der Waals surface area contributed by atoms with Crippen molar-refractivity contribution in [3.8, 4) is 11.3 Å². The molecule has 0 saturated carbocycles. The topological polar surface area (TPSA) is 67.2 Å². The fourth-order valence-corrected chi connectivity index (χ4v) is 4.75. The van der Waals surface area contributed by atoms with Gasteiger partial charge in [-0.1, -0.05) is 30.3 Å². The van der Waals surface area contributed by atoms with E-state index in [0.717, 1.165) is 29.7 Å². The Labute approximate surface area is 157 Å². The highest BCUT2D eigenvalue weighted by Gasteiger charge is 2.40. The number of fused-ring (bicyclic) bond motifs is 4. The van der Waals surface area contributed by atoms with Crippen LogP contribution in [0, 0.1) is 5.92 Å². The number of aromatic nitrogens is 2. The molecule has 0 saturated heterocycles. The van der Waals surface area contributed by atoms with Gasteiger partial charge in [-0.3, -0.25) is 4.79 Å². The molecule has 2 unspecified atom stereocenters. The molecule has 2 aliphatic rings. The third kappa shape index (κ3) is 2.35. The van der Waals surface area contributed by atoms with E-state index in [0.29, 0.717) is 5.56 Å². The van der Waals surface area contributed by atoms with E-state index in [-0.39, 0.29) is 17.9 Å². The lowest BCUT2D eigenvalue weighted by Gasteiger charge is -2.35. The average Bonchev–Trinajstić information content (AvgIpc) is 3.29. The summed E-state index contributed by atoms with van der Waals surface area (Å²) in [6.07, 6.45) is 4.92. The number of hydrogen-bond donors (Lipinski definition) is 2. The molecule has 136 valence electrons. The summed E-state index contributed by atoms with van der Waals surface area (Å²) in [5.74, 6) is -0.0258. The number of nitrogens with one attached hydrogen (secondary N) is 1. The number of aliphatic hydroxyl groups is 1. The number of carbonyl (C=O) groups excluding carboxylic acids is 1. The standard InChI is InChI=1S/C22H21N3O2/c1-23-22(27)14-7-8-15-13(10-14)6-9-18(21(15)26)20-17-5-3-2-4-16(17)19-11-24-12-25(19)20/h2-5,7-8,10-12,18,20-21,26H,6,9H2,1H3,(H,23,27)/t18?,20?,21-/m1/s1. The molecule has 2 N–H and O–H groups in total. The van der Waals surface area contributed by atoms with Crippen LogP contribution in [-0.4, -0.2) is 27.6 Å². The van der Waals surface area contributed by atoms with E-state index < -0.39 is 6.10 Å². The Balaban J connectivity index is 1.54. The van der Waals surface area contributed by atoms with Crippen molar-refractivity contribution in [3.05, 3.63) is 77.2 Å². The highest BCUT2D eigenvalue weighted by atomic mass is 16.3. The Morgan fingerprint density at radius 1 is 1.22 bits per heavy atom. The fourth-order valence-electron chi connectivity index (χ4n) is 4.75. The summed E-state index contributed by atoms with van der Waals surface area (Å²) in [5.41, 5.74) is 6.22. The zero-order chi connectivity index (χ0) is 18.5. The Hall–Kier alpha value is -2.92. The SMILES string of the molecule is CNC(=O)c1ccc2c(c1)CCC(C1c3ccccc3-c3cncn31)[C@@H]2O. The van der Waals surface area contributed by atoms with E-state index in [1.165, 1.54) is 11.1 Å². The number of benzene rings is 2. The average molecular weight is 359 g/mol. The second-order valence-electron chi connectivity index (χ2n) is 7.36. The molecule has 5 rings (SSSR count). The van der Waals surface area contributed by atoms with Gasteiger partial charge in [-0.2, -0.15) is 0 Å². The van der Waals surface area contributed by atoms with E-state index in [1.807, 2.05) is 30.7 Å². The van der Waals surface area contributed by atoms with Crippen molar-refractivity contribution in [2.75, 3.05) is 7.05 Å². The predicted molar refractivity (Wildman–Crippen MR) is 102 cm³/mol. The predicted octanol–water partition coefficient (Wildman–Crippen LogP) is 3.11. The maximum atomic E-state index is 11.9. The van der Waals surface area contributed by atoms with Gasteiger partial charge in [-0.15, -0.1) is 0 Å². The van der Waals surface area contributed by atoms with Gasteiger partial charge in [0.05, 0.1) is 30.4 Å². The number of aliphatic hydroxyl groups excluding tert-OH is 1. The van der Waals surface area contributed by atoms with E-state index in [4.69, 9.17) is 0 Å². The van der Waals surface area contributed by atoms with Crippen molar-refractivity contribution >= 4 is 5.91 Å². The minimum Gasteiger partial charge on any atom is -0.388 e. The summed E-state index contributed by atoms with van der Waals surface area (Å²) < 4.78 is 2.20. The van der Waals surface area contributed by atoms with E-state index >= 15 is 0 Å². The molecule has 1 aliphatic carbocycles. The third-order valence-corrected chi connectivity index (χ3v) is 6.03. The van der Waals surface area contributed by atoms with Gasteiger partial charge < -0.3 is 15.0 Å². The van der Waals surface area contributed by atoms with Gasteiger partial charge in [0.25, 0.3) is 5.91 Å². The van der Waals surface area contributed by atoms with Gasteiger partial charge in [-0.25, -0.2) is 4.98 Å². The molecule has 1 amide bonds. The van der Waals surface area contributed by atoms with E-state index in [2.05, 4.69) is 33.1 Å². The molecule has 5 nitrogen and oxygen atoms in total. The smallest absolute Gasteiger partial charge is 0.251 e. The molecule has 2 aromatic carbocycles. The van der Waals surface area contributed by atoms with Gasteiger partial charge >= 0.3 is 0 Å². The number of rotatable bonds is 2. The van der Waals surface area contributed by atoms with Gasteiger partial charge in [0.15, 0.2) is 0 Å². The molecular formula is C22H21N3O2. The molecule has 2 heterocycles. The molecule has 1 aromatic heterocycles. The zero-order valence-electron chi connectivity index (χ0n) is 15.1. The van der Waals surface area contributed by atoms with Crippen molar-refractivity contribution in [3.63, 3.8) is 0 Å². The highest BCUT2D eigenvalue weighted by Crippen LogP contribution is 2.49. The molecule has 27 heavy (non-hydrogen) atoms. The lowest BCUT2D eigenvalue weighted by atomic mass is 9.75. The normalized spacial score (nSPS) is 22.7. The third-order valence-electron chi connectivity index (χ3n) is 6.03. The first-order chi connectivity index (χ1) is 13.2. The molecular weight excluding hydrogens is 338 g/mol. The minimum absolute atomic E-state index is 0.0694. The fraction of sp³-hybridized carbons (Fsp3) is 0.273. The van der Waals surface area contributed by atoms with Crippen molar-refractivity contribution < 1.29 is 9.90 Å². The molecule has 0 fully saturated rings. The van der Waals surface area contributed by atoms with Crippen LogP contribution in [0.15, 0.2) is 55.0 Å². The maximum absolute atomic E-state index is 11.9. The summed E-state index contributed by atoms with van der Waals surface area (Å²) in [6, 6.07) is 14.1. The Morgan fingerprint density at radius 3 is 2.93 bits per heavy atom. The summed E-state index contributed by atoms with van der Waals surface area (Å²) in [5, 5.41) is 13.9. The zero-order valence-corrected chi connectivity index (χ0v) is 15.1. The van der Waals surface area contributed by atoms with Crippen LogP contribution in [0.5, 0.6) is 0 Å². The van der Waals surface area contributed by atoms with Crippen molar-refractivity contribution in [1.82, 2.24) is 14.9 Å². The summed E-state index contributed by atoms with van der Waals surface area (Å²) >= 11 is 0. The number of amides is 1. The van der Waals surface area contributed by atoms with Crippen molar-refractivity contribution in [2.24, 2.45) is 5.92 Å². The Bertz CT molecular complexity index is 1040. The molecule has 0 spiro atoms. The lowest BCUT2D eigenvalue weighted by molar-refractivity contribution is 0.0719. The molecule has 3 atom stereocenters. The second kappa shape index (κ2) is 6.06.